The lowest BCUT2D eigenvalue weighted by atomic mass is 10.2. The van der Waals surface area contributed by atoms with Crippen molar-refractivity contribution in [3.63, 3.8) is 0 Å². The zero-order valence-corrected chi connectivity index (χ0v) is 20.3. The molecule has 34 heavy (non-hydrogen) atoms. The van der Waals surface area contributed by atoms with E-state index in [9.17, 15) is 21.6 Å². The molecule has 2 aromatic carbocycles. The third kappa shape index (κ3) is 6.02. The van der Waals surface area contributed by atoms with Gasteiger partial charge in [-0.05, 0) is 67.6 Å². The first kappa shape index (κ1) is 25.0. The van der Waals surface area contributed by atoms with Crippen molar-refractivity contribution in [1.82, 2.24) is 4.98 Å². The Hall–Kier alpha value is -3.64. The SMILES string of the molecule is COc1ccc(N([C@H](C)C(=O)Nc2ccc(S(=O)(=O)Nc3ccccn3)cc2)S(C)(=O)=O)cc1. The van der Waals surface area contributed by atoms with Crippen LogP contribution in [0.4, 0.5) is 17.2 Å². The second-order valence-electron chi connectivity index (χ2n) is 7.27. The van der Waals surface area contributed by atoms with Crippen molar-refractivity contribution in [3.8, 4) is 5.75 Å². The standard InChI is InChI=1S/C22H24N4O6S2/c1-16(26(33(3,28)29)18-9-11-19(32-2)12-10-18)22(27)24-17-7-13-20(14-8-17)34(30,31)25-21-6-4-5-15-23-21/h4-16H,1-3H3,(H,23,25)(H,24,27)/t16-/m1/s1. The van der Waals surface area contributed by atoms with E-state index in [0.717, 1.165) is 10.6 Å². The van der Waals surface area contributed by atoms with Crippen LogP contribution in [0, 0.1) is 0 Å². The molecule has 3 rings (SSSR count). The molecule has 0 aliphatic heterocycles. The number of nitrogens with zero attached hydrogens (tertiary/aromatic N) is 2. The van der Waals surface area contributed by atoms with Crippen LogP contribution in [0.2, 0.25) is 0 Å². The lowest BCUT2D eigenvalue weighted by molar-refractivity contribution is -0.116. The quantitative estimate of drug-likeness (QED) is 0.457. The monoisotopic (exact) mass is 504 g/mol. The van der Waals surface area contributed by atoms with Gasteiger partial charge in [-0.3, -0.25) is 13.8 Å². The van der Waals surface area contributed by atoms with Gasteiger partial charge < -0.3 is 10.1 Å². The maximum Gasteiger partial charge on any atom is 0.263 e. The van der Waals surface area contributed by atoms with Crippen LogP contribution in [0.5, 0.6) is 5.75 Å². The number of anilines is 3. The maximum absolute atomic E-state index is 12.8. The van der Waals surface area contributed by atoms with Gasteiger partial charge in [0.05, 0.1) is 23.9 Å². The summed E-state index contributed by atoms with van der Waals surface area (Å²) in [5.41, 5.74) is 0.602. The number of methoxy groups -OCH3 is 1. The molecule has 0 fully saturated rings. The van der Waals surface area contributed by atoms with Crippen LogP contribution >= 0.6 is 0 Å². The largest absolute Gasteiger partial charge is 0.497 e. The topological polar surface area (TPSA) is 135 Å². The smallest absolute Gasteiger partial charge is 0.263 e. The van der Waals surface area contributed by atoms with Gasteiger partial charge in [-0.1, -0.05) is 6.07 Å². The molecule has 1 amide bonds. The van der Waals surface area contributed by atoms with Crippen LogP contribution in [0.15, 0.2) is 77.8 Å². The third-order valence-corrected chi connectivity index (χ3v) is 7.36. The first-order chi connectivity index (χ1) is 16.0. The molecular weight excluding hydrogens is 480 g/mol. The number of benzene rings is 2. The summed E-state index contributed by atoms with van der Waals surface area (Å²) >= 11 is 0. The first-order valence-corrected chi connectivity index (χ1v) is 13.3. The lowest BCUT2D eigenvalue weighted by Crippen LogP contribution is -2.45. The van der Waals surface area contributed by atoms with Crippen LogP contribution < -0.4 is 19.1 Å². The van der Waals surface area contributed by atoms with E-state index in [-0.39, 0.29) is 10.7 Å². The van der Waals surface area contributed by atoms with Gasteiger partial charge in [-0.15, -0.1) is 0 Å². The van der Waals surface area contributed by atoms with E-state index in [2.05, 4.69) is 15.0 Å². The van der Waals surface area contributed by atoms with Crippen LogP contribution in [-0.2, 0) is 24.8 Å². The minimum atomic E-state index is -3.87. The summed E-state index contributed by atoms with van der Waals surface area (Å²) in [5, 5.41) is 2.62. The number of rotatable bonds is 9. The highest BCUT2D eigenvalue weighted by atomic mass is 32.2. The van der Waals surface area contributed by atoms with E-state index in [0.29, 0.717) is 17.1 Å². The predicted molar refractivity (Wildman–Crippen MR) is 130 cm³/mol. The lowest BCUT2D eigenvalue weighted by Gasteiger charge is -2.28. The number of sulfonamides is 2. The van der Waals surface area contributed by atoms with Gasteiger partial charge in [0.15, 0.2) is 0 Å². The summed E-state index contributed by atoms with van der Waals surface area (Å²) in [7, 11) is -6.17. The Morgan fingerprint density at radius 2 is 1.62 bits per heavy atom. The van der Waals surface area contributed by atoms with E-state index in [1.54, 1.807) is 24.3 Å². The highest BCUT2D eigenvalue weighted by molar-refractivity contribution is 7.92. The summed E-state index contributed by atoms with van der Waals surface area (Å²) in [6, 6.07) is 15.5. The molecule has 1 atom stereocenters. The number of nitrogens with one attached hydrogen (secondary N) is 2. The van der Waals surface area contributed by atoms with Crippen molar-refractivity contribution in [2.45, 2.75) is 17.9 Å². The molecule has 0 radical (unpaired) electrons. The number of carbonyl (C=O) groups is 1. The Morgan fingerprint density at radius 3 is 2.15 bits per heavy atom. The van der Waals surface area contributed by atoms with Crippen LogP contribution in [0.1, 0.15) is 6.92 Å². The zero-order valence-electron chi connectivity index (χ0n) is 18.7. The maximum atomic E-state index is 12.8. The van der Waals surface area contributed by atoms with Crippen molar-refractivity contribution >= 4 is 43.1 Å². The summed E-state index contributed by atoms with van der Waals surface area (Å²) in [5.74, 6) is 0.124. The number of pyridine rings is 1. The highest BCUT2D eigenvalue weighted by Crippen LogP contribution is 2.25. The molecule has 180 valence electrons. The molecule has 12 heteroatoms. The molecule has 10 nitrogen and oxygen atoms in total. The molecule has 1 heterocycles. The summed E-state index contributed by atoms with van der Waals surface area (Å²) in [4.78, 5) is 16.7. The van der Waals surface area contributed by atoms with Gasteiger partial charge >= 0.3 is 0 Å². The van der Waals surface area contributed by atoms with E-state index < -0.39 is 32.0 Å². The summed E-state index contributed by atoms with van der Waals surface area (Å²) < 4.78 is 58.4. The summed E-state index contributed by atoms with van der Waals surface area (Å²) in [6.07, 6.45) is 2.47. The highest BCUT2D eigenvalue weighted by Gasteiger charge is 2.29. The molecular formula is C22H24N4O6S2. The average Bonchev–Trinajstić information content (AvgIpc) is 2.79. The number of hydrogen-bond donors (Lipinski definition) is 2. The minimum absolute atomic E-state index is 0.0276. The van der Waals surface area contributed by atoms with Gasteiger partial charge in [-0.2, -0.15) is 0 Å². The first-order valence-electron chi connectivity index (χ1n) is 9.99. The number of aromatic nitrogens is 1. The molecule has 0 saturated heterocycles. The van der Waals surface area contributed by atoms with Crippen molar-refractivity contribution in [2.75, 3.05) is 27.7 Å². The number of hydrogen-bond acceptors (Lipinski definition) is 7. The van der Waals surface area contributed by atoms with E-state index in [1.165, 1.54) is 62.7 Å². The molecule has 0 spiro atoms. The number of ether oxygens (including phenoxy) is 1. The molecule has 0 bridgehead atoms. The predicted octanol–water partition coefficient (Wildman–Crippen LogP) is 2.68. The Kier molecular flexibility index (Phi) is 7.42. The molecule has 3 aromatic rings. The fourth-order valence-corrected chi connectivity index (χ4v) is 5.30. The van der Waals surface area contributed by atoms with Crippen molar-refractivity contribution in [2.24, 2.45) is 0 Å². The van der Waals surface area contributed by atoms with Gasteiger partial charge in [0.1, 0.15) is 17.6 Å². The molecule has 0 aliphatic carbocycles. The molecule has 1 aromatic heterocycles. The van der Waals surface area contributed by atoms with Crippen LogP contribution in [0.3, 0.4) is 0 Å². The Balaban J connectivity index is 1.75. The zero-order chi connectivity index (χ0) is 24.9. The van der Waals surface area contributed by atoms with Crippen LogP contribution in [-0.4, -0.2) is 47.1 Å². The van der Waals surface area contributed by atoms with Crippen molar-refractivity contribution in [1.29, 1.82) is 0 Å². The molecule has 2 N–H and O–H groups in total. The van der Waals surface area contributed by atoms with Gasteiger partial charge in [0.25, 0.3) is 10.0 Å². The fraction of sp³-hybridized carbons (Fsp3) is 0.182. The minimum Gasteiger partial charge on any atom is -0.497 e. The second-order valence-corrected chi connectivity index (χ2v) is 10.8. The van der Waals surface area contributed by atoms with Crippen molar-refractivity contribution in [3.05, 3.63) is 72.9 Å². The Bertz CT molecular complexity index is 1340. The normalized spacial score (nSPS) is 12.4. The van der Waals surface area contributed by atoms with Gasteiger partial charge in [0, 0.05) is 11.9 Å². The van der Waals surface area contributed by atoms with Crippen LogP contribution in [0.25, 0.3) is 0 Å². The third-order valence-electron chi connectivity index (χ3n) is 4.75. The summed E-state index contributed by atoms with van der Waals surface area (Å²) in [6.45, 7) is 1.45. The molecule has 0 unspecified atom stereocenters. The number of amides is 1. The van der Waals surface area contributed by atoms with E-state index >= 15 is 0 Å². The Morgan fingerprint density at radius 1 is 0.971 bits per heavy atom. The Labute approximate surface area is 198 Å². The van der Waals surface area contributed by atoms with Gasteiger partial charge in [0.2, 0.25) is 15.9 Å². The van der Waals surface area contributed by atoms with Gasteiger partial charge in [-0.25, -0.2) is 21.8 Å². The molecule has 0 aliphatic rings. The van der Waals surface area contributed by atoms with Crippen molar-refractivity contribution < 1.29 is 26.4 Å². The molecule has 0 saturated carbocycles. The van der Waals surface area contributed by atoms with E-state index in [4.69, 9.17) is 4.74 Å². The second kappa shape index (κ2) is 10.1. The average molecular weight is 505 g/mol. The number of carbonyl (C=O) groups excluding carboxylic acids is 1. The fourth-order valence-electron chi connectivity index (χ4n) is 3.12. The van der Waals surface area contributed by atoms with E-state index in [1.807, 2.05) is 0 Å².